The summed E-state index contributed by atoms with van der Waals surface area (Å²) in [6.07, 6.45) is 3.38. The lowest BCUT2D eigenvalue weighted by Crippen LogP contribution is -2.15. The average molecular weight is 235 g/mol. The maximum absolute atomic E-state index is 6.08. The standard InChI is InChI=1S/C15H25NO/c1-5-14(6-2)17-15-11(3)9-13(7-8-16)10-12(15)4/h9-10,14H,5-8,16H2,1-4H3. The fraction of sp³-hybridized carbons (Fsp3) is 0.600. The second-order valence-electron chi connectivity index (χ2n) is 4.65. The highest BCUT2D eigenvalue weighted by atomic mass is 16.5. The van der Waals surface area contributed by atoms with Gasteiger partial charge in [-0.25, -0.2) is 0 Å². The Labute approximate surface area is 105 Å². The van der Waals surface area contributed by atoms with Crippen molar-refractivity contribution >= 4 is 0 Å². The second-order valence-corrected chi connectivity index (χ2v) is 4.65. The molecule has 0 aliphatic rings. The minimum atomic E-state index is 0.327. The maximum Gasteiger partial charge on any atom is 0.125 e. The molecule has 0 fully saturated rings. The Kier molecular flexibility index (Phi) is 5.49. The average Bonchev–Trinajstić information content (AvgIpc) is 2.29. The molecular formula is C15H25NO. The molecule has 0 bridgehead atoms. The number of benzene rings is 1. The smallest absolute Gasteiger partial charge is 0.125 e. The zero-order valence-corrected chi connectivity index (χ0v) is 11.5. The van der Waals surface area contributed by atoms with E-state index in [-0.39, 0.29) is 0 Å². The number of hydrogen-bond donors (Lipinski definition) is 1. The van der Waals surface area contributed by atoms with E-state index in [1.807, 2.05) is 0 Å². The van der Waals surface area contributed by atoms with Gasteiger partial charge in [-0.1, -0.05) is 26.0 Å². The number of hydrogen-bond acceptors (Lipinski definition) is 2. The summed E-state index contributed by atoms with van der Waals surface area (Å²) >= 11 is 0. The van der Waals surface area contributed by atoms with Crippen LogP contribution < -0.4 is 10.5 Å². The number of aryl methyl sites for hydroxylation is 2. The molecular weight excluding hydrogens is 210 g/mol. The van der Waals surface area contributed by atoms with Crippen molar-refractivity contribution in [2.45, 2.75) is 53.1 Å². The Hall–Kier alpha value is -1.02. The maximum atomic E-state index is 6.08. The highest BCUT2D eigenvalue weighted by Gasteiger charge is 2.11. The van der Waals surface area contributed by atoms with E-state index in [0.29, 0.717) is 12.6 Å². The third kappa shape index (κ3) is 3.74. The Balaban J connectivity index is 2.92. The first-order valence-electron chi connectivity index (χ1n) is 6.59. The highest BCUT2D eigenvalue weighted by Crippen LogP contribution is 2.27. The third-order valence-electron chi connectivity index (χ3n) is 3.15. The van der Waals surface area contributed by atoms with E-state index < -0.39 is 0 Å². The van der Waals surface area contributed by atoms with Crippen LogP contribution in [0.1, 0.15) is 43.4 Å². The van der Waals surface area contributed by atoms with Crippen molar-refractivity contribution in [2.24, 2.45) is 5.73 Å². The van der Waals surface area contributed by atoms with Crippen LogP contribution in [-0.4, -0.2) is 12.6 Å². The normalized spacial score (nSPS) is 10.9. The number of nitrogens with two attached hydrogens (primary N) is 1. The van der Waals surface area contributed by atoms with E-state index in [4.69, 9.17) is 10.5 Å². The van der Waals surface area contributed by atoms with Gasteiger partial charge in [0.15, 0.2) is 0 Å². The van der Waals surface area contributed by atoms with Gasteiger partial charge in [0.25, 0.3) is 0 Å². The van der Waals surface area contributed by atoms with E-state index in [0.717, 1.165) is 25.0 Å². The number of rotatable bonds is 6. The Morgan fingerprint density at radius 3 is 2.06 bits per heavy atom. The predicted molar refractivity (Wildman–Crippen MR) is 73.7 cm³/mol. The lowest BCUT2D eigenvalue weighted by Gasteiger charge is -2.20. The molecule has 0 saturated heterocycles. The van der Waals surface area contributed by atoms with E-state index in [2.05, 4.69) is 39.8 Å². The lowest BCUT2D eigenvalue weighted by molar-refractivity contribution is 0.190. The van der Waals surface area contributed by atoms with Gasteiger partial charge in [-0.3, -0.25) is 0 Å². The molecule has 1 rings (SSSR count). The van der Waals surface area contributed by atoms with Crippen molar-refractivity contribution < 1.29 is 4.74 Å². The van der Waals surface area contributed by atoms with Gasteiger partial charge in [0.05, 0.1) is 6.10 Å². The van der Waals surface area contributed by atoms with E-state index in [1.54, 1.807) is 0 Å². The molecule has 0 aliphatic heterocycles. The molecule has 0 heterocycles. The minimum absolute atomic E-state index is 0.327. The molecule has 2 nitrogen and oxygen atoms in total. The highest BCUT2D eigenvalue weighted by molar-refractivity contribution is 5.43. The van der Waals surface area contributed by atoms with Crippen molar-refractivity contribution in [1.82, 2.24) is 0 Å². The predicted octanol–water partition coefficient (Wildman–Crippen LogP) is 3.37. The van der Waals surface area contributed by atoms with Crippen LogP contribution in [0.3, 0.4) is 0 Å². The van der Waals surface area contributed by atoms with Gasteiger partial charge in [-0.2, -0.15) is 0 Å². The van der Waals surface area contributed by atoms with E-state index in [9.17, 15) is 0 Å². The summed E-state index contributed by atoms with van der Waals surface area (Å²) in [5.74, 6) is 1.06. The summed E-state index contributed by atoms with van der Waals surface area (Å²) in [5, 5.41) is 0. The first kappa shape index (κ1) is 14.0. The van der Waals surface area contributed by atoms with Crippen LogP contribution in [0, 0.1) is 13.8 Å². The zero-order valence-electron chi connectivity index (χ0n) is 11.5. The molecule has 96 valence electrons. The van der Waals surface area contributed by atoms with Gasteiger partial charge in [0, 0.05) is 0 Å². The van der Waals surface area contributed by atoms with Crippen molar-refractivity contribution in [3.63, 3.8) is 0 Å². The molecule has 2 N–H and O–H groups in total. The van der Waals surface area contributed by atoms with Crippen molar-refractivity contribution in [1.29, 1.82) is 0 Å². The van der Waals surface area contributed by atoms with Gasteiger partial charge in [-0.05, 0) is 56.3 Å². The van der Waals surface area contributed by atoms with Crippen LogP contribution >= 0.6 is 0 Å². The Morgan fingerprint density at radius 2 is 1.65 bits per heavy atom. The summed E-state index contributed by atoms with van der Waals surface area (Å²) < 4.78 is 6.08. The fourth-order valence-electron chi connectivity index (χ4n) is 2.16. The summed E-state index contributed by atoms with van der Waals surface area (Å²) in [5.41, 5.74) is 9.34. The Bertz CT molecular complexity index is 333. The molecule has 0 spiro atoms. The number of ether oxygens (including phenoxy) is 1. The molecule has 1 aromatic rings. The molecule has 0 amide bonds. The lowest BCUT2D eigenvalue weighted by atomic mass is 10.0. The van der Waals surface area contributed by atoms with Gasteiger partial charge < -0.3 is 10.5 Å². The first-order valence-corrected chi connectivity index (χ1v) is 6.59. The van der Waals surface area contributed by atoms with Gasteiger partial charge >= 0.3 is 0 Å². The SMILES string of the molecule is CCC(CC)Oc1c(C)cc(CCN)cc1C. The first-order chi connectivity index (χ1) is 8.12. The summed E-state index contributed by atoms with van der Waals surface area (Å²) in [6, 6.07) is 4.38. The fourth-order valence-corrected chi connectivity index (χ4v) is 2.16. The molecule has 0 aliphatic carbocycles. The van der Waals surface area contributed by atoms with Crippen molar-refractivity contribution in [2.75, 3.05) is 6.54 Å². The zero-order chi connectivity index (χ0) is 12.8. The van der Waals surface area contributed by atoms with Crippen LogP contribution in [0.4, 0.5) is 0 Å². The van der Waals surface area contributed by atoms with Crippen LogP contribution in [0.25, 0.3) is 0 Å². The molecule has 0 aromatic heterocycles. The summed E-state index contributed by atoms with van der Waals surface area (Å²) in [7, 11) is 0. The molecule has 1 aromatic carbocycles. The molecule has 0 atom stereocenters. The van der Waals surface area contributed by atoms with E-state index in [1.165, 1.54) is 16.7 Å². The second kappa shape index (κ2) is 6.65. The monoisotopic (exact) mass is 235 g/mol. The molecule has 0 radical (unpaired) electrons. The van der Waals surface area contributed by atoms with Crippen LogP contribution in [0.15, 0.2) is 12.1 Å². The molecule has 0 saturated carbocycles. The molecule has 0 unspecified atom stereocenters. The molecule has 17 heavy (non-hydrogen) atoms. The third-order valence-corrected chi connectivity index (χ3v) is 3.15. The van der Waals surface area contributed by atoms with Crippen LogP contribution in [-0.2, 0) is 6.42 Å². The van der Waals surface area contributed by atoms with Crippen molar-refractivity contribution in [3.05, 3.63) is 28.8 Å². The Morgan fingerprint density at radius 1 is 1.12 bits per heavy atom. The van der Waals surface area contributed by atoms with Gasteiger partial charge in [-0.15, -0.1) is 0 Å². The minimum Gasteiger partial charge on any atom is -0.490 e. The van der Waals surface area contributed by atoms with E-state index >= 15 is 0 Å². The van der Waals surface area contributed by atoms with Gasteiger partial charge in [0.2, 0.25) is 0 Å². The van der Waals surface area contributed by atoms with Crippen LogP contribution in [0.2, 0.25) is 0 Å². The summed E-state index contributed by atoms with van der Waals surface area (Å²) in [6.45, 7) is 9.27. The largest absolute Gasteiger partial charge is 0.490 e. The quantitative estimate of drug-likeness (QED) is 0.820. The van der Waals surface area contributed by atoms with Crippen LogP contribution in [0.5, 0.6) is 5.75 Å². The summed E-state index contributed by atoms with van der Waals surface area (Å²) in [4.78, 5) is 0. The van der Waals surface area contributed by atoms with Gasteiger partial charge in [0.1, 0.15) is 5.75 Å². The molecule has 2 heteroatoms. The van der Waals surface area contributed by atoms with Crippen molar-refractivity contribution in [3.8, 4) is 5.75 Å². The topological polar surface area (TPSA) is 35.2 Å².